The van der Waals surface area contributed by atoms with Crippen molar-refractivity contribution in [3.63, 3.8) is 0 Å². The molecule has 0 aliphatic heterocycles. The first kappa shape index (κ1) is 25.4. The summed E-state index contributed by atoms with van der Waals surface area (Å²) < 4.78 is 43.1. The van der Waals surface area contributed by atoms with Crippen LogP contribution in [0.2, 0.25) is 8.87 Å². The number of benzene rings is 2. The fraction of sp³-hybridized carbons (Fsp3) is 0.385. The van der Waals surface area contributed by atoms with Crippen LogP contribution in [0.25, 0.3) is 12.2 Å². The summed E-state index contributed by atoms with van der Waals surface area (Å²) in [6, 6.07) is 9.26. The second-order valence-electron chi connectivity index (χ2n) is 7.69. The van der Waals surface area contributed by atoms with Crippen molar-refractivity contribution in [1.29, 1.82) is 0 Å². The molecule has 0 atom stereocenters. The number of hydrogen-bond donors (Lipinski definition) is 0. The van der Waals surface area contributed by atoms with Crippen LogP contribution in [0.4, 0.5) is 8.78 Å². The number of rotatable bonds is 12. The number of halogens is 2. The molecule has 2 nitrogen and oxygen atoms in total. The molecule has 168 valence electrons. The van der Waals surface area contributed by atoms with Crippen LogP contribution >= 0.6 is 0 Å². The average molecular weight is 535 g/mol. The Bertz CT molecular complexity index is 819. The topological polar surface area (TPSA) is 18.5 Å². The minimum absolute atomic E-state index is 0.293. The predicted molar refractivity (Wildman–Crippen MR) is 129 cm³/mol. The summed E-state index contributed by atoms with van der Waals surface area (Å²) in [6.45, 7) is 8.11. The Labute approximate surface area is 190 Å². The zero-order valence-electron chi connectivity index (χ0n) is 19.1. The normalized spacial score (nSPS) is 12.1. The Morgan fingerprint density at radius 1 is 0.742 bits per heavy atom. The van der Waals surface area contributed by atoms with Gasteiger partial charge in [-0.3, -0.25) is 0 Å². The van der Waals surface area contributed by atoms with Crippen LogP contribution in [0.1, 0.15) is 64.5 Å². The molecule has 0 radical (unpaired) electrons. The first-order chi connectivity index (χ1) is 15.0. The van der Waals surface area contributed by atoms with Crippen molar-refractivity contribution in [2.45, 2.75) is 62.3 Å². The van der Waals surface area contributed by atoms with E-state index < -0.39 is 19.2 Å². The Morgan fingerprint density at radius 3 is 1.52 bits per heavy atom. The predicted octanol–water partition coefficient (Wildman–Crippen LogP) is 8.53. The molecule has 0 saturated heterocycles. The van der Waals surface area contributed by atoms with E-state index in [0.29, 0.717) is 22.6 Å². The van der Waals surface area contributed by atoms with E-state index in [1.807, 2.05) is 38.2 Å². The quantitative estimate of drug-likeness (QED) is 0.254. The molecule has 0 aromatic heterocycles. The van der Waals surface area contributed by atoms with Crippen molar-refractivity contribution >= 4 is 31.4 Å². The molecule has 2 rings (SSSR count). The van der Waals surface area contributed by atoms with Gasteiger partial charge in [-0.05, 0) is 0 Å². The van der Waals surface area contributed by atoms with Crippen LogP contribution in [0.3, 0.4) is 0 Å². The number of unbranched alkanes of at least 4 members (excludes halogenated alkanes) is 2. The Morgan fingerprint density at radius 2 is 1.16 bits per heavy atom. The van der Waals surface area contributed by atoms with Gasteiger partial charge in [-0.25, -0.2) is 0 Å². The van der Waals surface area contributed by atoms with Crippen molar-refractivity contribution < 1.29 is 14.9 Å². The zero-order chi connectivity index (χ0) is 22.7. The first-order valence-corrected chi connectivity index (χ1v) is 17.6. The van der Waals surface area contributed by atoms with Gasteiger partial charge in [-0.1, -0.05) is 0 Å². The van der Waals surface area contributed by atoms with Crippen LogP contribution in [0.15, 0.2) is 48.6 Å². The Hall–Kier alpha value is -1.82. The van der Waals surface area contributed by atoms with Gasteiger partial charge < -0.3 is 0 Å². The van der Waals surface area contributed by atoms with Gasteiger partial charge in [-0.2, -0.15) is 0 Å². The number of hydrogen-bond acceptors (Lipinski definition) is 2. The van der Waals surface area contributed by atoms with Crippen molar-refractivity contribution in [2.24, 2.45) is 0 Å². The maximum atomic E-state index is 13.9. The monoisotopic (exact) mass is 536 g/mol. The van der Waals surface area contributed by atoms with Gasteiger partial charge in [0.15, 0.2) is 0 Å². The SMILES string of the molecule is C/C=C\c1cc(F)ccc1[O][Sn]([CH2]CCC)([CH2]CCC)[O]c1ccc(F)cc1/C=C\C. The van der Waals surface area contributed by atoms with E-state index in [2.05, 4.69) is 13.8 Å². The van der Waals surface area contributed by atoms with E-state index in [4.69, 9.17) is 6.15 Å². The van der Waals surface area contributed by atoms with Crippen molar-refractivity contribution in [3.8, 4) is 11.5 Å². The Balaban J connectivity index is 2.53. The summed E-state index contributed by atoms with van der Waals surface area (Å²) in [5.41, 5.74) is 1.43. The van der Waals surface area contributed by atoms with E-state index in [-0.39, 0.29) is 11.6 Å². The van der Waals surface area contributed by atoms with Crippen LogP contribution in [-0.4, -0.2) is 19.2 Å². The van der Waals surface area contributed by atoms with Gasteiger partial charge in [0, 0.05) is 0 Å². The maximum absolute atomic E-state index is 13.9. The summed E-state index contributed by atoms with van der Waals surface area (Å²) in [5, 5.41) is 0. The molecule has 0 saturated carbocycles. The average Bonchev–Trinajstić information content (AvgIpc) is 2.75. The fourth-order valence-corrected chi connectivity index (χ4v) is 13.9. The molecule has 0 spiro atoms. The summed E-state index contributed by atoms with van der Waals surface area (Å²) in [4.78, 5) is 0. The molecule has 0 fully saturated rings. The van der Waals surface area contributed by atoms with Crippen LogP contribution in [-0.2, 0) is 0 Å². The van der Waals surface area contributed by atoms with E-state index in [0.717, 1.165) is 34.6 Å². The molecule has 0 bridgehead atoms. The second-order valence-corrected chi connectivity index (χ2v) is 16.9. The molecule has 5 heteroatoms. The molecule has 0 aliphatic carbocycles. The number of allylic oxidation sites excluding steroid dienone is 2. The van der Waals surface area contributed by atoms with E-state index >= 15 is 0 Å². The molecule has 0 unspecified atom stereocenters. The minimum atomic E-state index is -3.74. The second kappa shape index (κ2) is 12.9. The van der Waals surface area contributed by atoms with Gasteiger partial charge in [0.05, 0.1) is 0 Å². The molecular formula is C26H34F2O2Sn. The van der Waals surface area contributed by atoms with Gasteiger partial charge in [0.2, 0.25) is 0 Å². The van der Waals surface area contributed by atoms with Gasteiger partial charge in [0.25, 0.3) is 0 Å². The van der Waals surface area contributed by atoms with Crippen LogP contribution in [0.5, 0.6) is 11.5 Å². The first-order valence-electron chi connectivity index (χ1n) is 11.2. The van der Waals surface area contributed by atoms with Gasteiger partial charge >= 0.3 is 191 Å². The van der Waals surface area contributed by atoms with Crippen molar-refractivity contribution in [2.75, 3.05) is 0 Å². The standard InChI is InChI=1S/2C9H9FO.2C4H9.Sn/c2*1-2-3-7-6-8(10)4-5-9(7)11;2*1-3-4-2;/h2*2-6,11H,1H3;2*1,3-4H2,2H3;/q;;;;+2/p-2/b2*3-2-;;;. The Kier molecular flexibility index (Phi) is 10.6. The van der Waals surface area contributed by atoms with Gasteiger partial charge in [0.1, 0.15) is 0 Å². The van der Waals surface area contributed by atoms with Crippen molar-refractivity contribution in [1.82, 2.24) is 0 Å². The molecule has 31 heavy (non-hydrogen) atoms. The van der Waals surface area contributed by atoms with E-state index in [9.17, 15) is 8.78 Å². The summed E-state index contributed by atoms with van der Waals surface area (Å²) in [6.07, 6.45) is 11.5. The summed E-state index contributed by atoms with van der Waals surface area (Å²) in [7, 11) is 0. The fourth-order valence-electron chi connectivity index (χ4n) is 3.49. The molecule has 0 heterocycles. The summed E-state index contributed by atoms with van der Waals surface area (Å²) >= 11 is -3.74. The third-order valence-corrected chi connectivity index (χ3v) is 14.8. The van der Waals surface area contributed by atoms with E-state index in [1.54, 1.807) is 12.1 Å². The molecule has 2 aromatic carbocycles. The zero-order valence-corrected chi connectivity index (χ0v) is 21.9. The van der Waals surface area contributed by atoms with Crippen LogP contribution < -0.4 is 6.15 Å². The molecule has 0 aliphatic rings. The molecule has 2 aromatic rings. The van der Waals surface area contributed by atoms with Crippen molar-refractivity contribution in [3.05, 3.63) is 71.3 Å². The summed E-state index contributed by atoms with van der Waals surface area (Å²) in [5.74, 6) is 0.741. The molecular weight excluding hydrogens is 501 g/mol. The molecule has 0 N–H and O–H groups in total. The molecule has 0 amide bonds. The van der Waals surface area contributed by atoms with E-state index in [1.165, 1.54) is 24.3 Å². The van der Waals surface area contributed by atoms with Crippen LogP contribution in [0, 0.1) is 11.6 Å². The third-order valence-electron chi connectivity index (χ3n) is 5.05. The third kappa shape index (κ3) is 7.67. The van der Waals surface area contributed by atoms with Gasteiger partial charge in [-0.15, -0.1) is 0 Å².